The molecule has 0 bridgehead atoms. The first kappa shape index (κ1) is 11.5. The van der Waals surface area contributed by atoms with Gasteiger partial charge in [0, 0.05) is 12.5 Å². The van der Waals surface area contributed by atoms with Crippen LogP contribution in [-0.2, 0) is 11.2 Å². The van der Waals surface area contributed by atoms with Crippen LogP contribution in [0, 0.1) is 11.8 Å². The van der Waals surface area contributed by atoms with E-state index in [-0.39, 0.29) is 5.78 Å². The topological polar surface area (TPSA) is 17.1 Å². The first-order valence-electron chi connectivity index (χ1n) is 5.34. The van der Waals surface area contributed by atoms with Gasteiger partial charge in [0.25, 0.3) is 0 Å². The Hall–Kier alpha value is -1.55. The van der Waals surface area contributed by atoms with E-state index >= 15 is 0 Å². The fourth-order valence-corrected chi connectivity index (χ4v) is 1.30. The second-order valence-electron chi connectivity index (χ2n) is 3.61. The van der Waals surface area contributed by atoms with Crippen molar-refractivity contribution in [3.63, 3.8) is 0 Å². The molecule has 15 heavy (non-hydrogen) atoms. The number of carbonyl (C=O) groups is 1. The lowest BCUT2D eigenvalue weighted by atomic mass is 10.1. The third-order valence-electron chi connectivity index (χ3n) is 2.16. The molecule has 0 amide bonds. The van der Waals surface area contributed by atoms with E-state index in [1.54, 1.807) is 0 Å². The van der Waals surface area contributed by atoms with Crippen LogP contribution in [0.1, 0.15) is 37.8 Å². The minimum atomic E-state index is -0.0925. The van der Waals surface area contributed by atoms with Gasteiger partial charge in [0.15, 0.2) is 0 Å². The smallest absolute Gasteiger partial charge is 0.202 e. The molecule has 0 N–H and O–H groups in total. The van der Waals surface area contributed by atoms with Crippen LogP contribution in [0.25, 0.3) is 0 Å². The lowest BCUT2D eigenvalue weighted by Gasteiger charge is -1.98. The molecule has 0 radical (unpaired) electrons. The summed E-state index contributed by atoms with van der Waals surface area (Å²) in [6.07, 6.45) is 3.56. The number of carbonyl (C=O) groups excluding carboxylic acids is 1. The number of aryl methyl sites for hydroxylation is 1. The molecule has 1 rings (SSSR count). The van der Waals surface area contributed by atoms with Crippen LogP contribution in [0.4, 0.5) is 0 Å². The van der Waals surface area contributed by atoms with Gasteiger partial charge in [-0.25, -0.2) is 0 Å². The van der Waals surface area contributed by atoms with E-state index in [1.807, 2.05) is 12.1 Å². The predicted molar refractivity (Wildman–Crippen MR) is 62.6 cm³/mol. The van der Waals surface area contributed by atoms with Crippen molar-refractivity contribution in [2.45, 2.75) is 33.1 Å². The highest BCUT2D eigenvalue weighted by molar-refractivity contribution is 5.93. The quantitative estimate of drug-likeness (QED) is 0.685. The van der Waals surface area contributed by atoms with Gasteiger partial charge in [0.2, 0.25) is 5.78 Å². The second-order valence-corrected chi connectivity index (χ2v) is 3.61. The highest BCUT2D eigenvalue weighted by Crippen LogP contribution is 2.06. The van der Waals surface area contributed by atoms with Crippen LogP contribution in [0.2, 0.25) is 0 Å². The Morgan fingerprint density at radius 2 is 1.93 bits per heavy atom. The molecular formula is C14H16O. The van der Waals surface area contributed by atoms with Crippen LogP contribution in [0.15, 0.2) is 24.3 Å². The summed E-state index contributed by atoms with van der Waals surface area (Å²) in [6, 6.07) is 8.11. The fourth-order valence-electron chi connectivity index (χ4n) is 1.30. The van der Waals surface area contributed by atoms with Gasteiger partial charge >= 0.3 is 0 Å². The molecule has 0 atom stereocenters. The Labute approximate surface area is 91.5 Å². The van der Waals surface area contributed by atoms with Crippen LogP contribution in [0.5, 0.6) is 0 Å². The number of Topliss-reactive ketones (excluding diaryl/α,β-unsaturated/α-hetero) is 1. The number of rotatable bonds is 3. The predicted octanol–water partition coefficient (Wildman–Crippen LogP) is 2.97. The van der Waals surface area contributed by atoms with Crippen molar-refractivity contribution in [1.29, 1.82) is 0 Å². The summed E-state index contributed by atoms with van der Waals surface area (Å²) < 4.78 is 0. The van der Waals surface area contributed by atoms with Crippen molar-refractivity contribution >= 4 is 5.78 Å². The minimum Gasteiger partial charge on any atom is -0.285 e. The summed E-state index contributed by atoms with van der Waals surface area (Å²) >= 11 is 0. The lowest BCUT2D eigenvalue weighted by Crippen LogP contribution is -1.85. The van der Waals surface area contributed by atoms with Gasteiger partial charge in [0.1, 0.15) is 0 Å². The van der Waals surface area contributed by atoms with Crippen LogP contribution in [0.3, 0.4) is 0 Å². The number of benzene rings is 1. The number of unbranched alkanes of at least 4 members (excludes halogenated alkanes) is 1. The van der Waals surface area contributed by atoms with Gasteiger partial charge in [-0.05, 0) is 36.5 Å². The van der Waals surface area contributed by atoms with Crippen LogP contribution in [-0.4, -0.2) is 5.78 Å². The zero-order valence-corrected chi connectivity index (χ0v) is 9.34. The van der Waals surface area contributed by atoms with Crippen molar-refractivity contribution in [2.24, 2.45) is 0 Å². The summed E-state index contributed by atoms with van der Waals surface area (Å²) in [4.78, 5) is 10.7. The average Bonchev–Trinajstić information content (AvgIpc) is 2.25. The maximum absolute atomic E-state index is 10.7. The number of hydrogen-bond acceptors (Lipinski definition) is 1. The summed E-state index contributed by atoms with van der Waals surface area (Å²) in [6.45, 7) is 3.66. The SMILES string of the molecule is CCCCc1ccc(C#CC(C)=O)cc1. The lowest BCUT2D eigenvalue weighted by molar-refractivity contribution is -0.111. The maximum atomic E-state index is 10.7. The molecule has 0 aromatic heterocycles. The van der Waals surface area contributed by atoms with E-state index in [0.29, 0.717) is 0 Å². The van der Waals surface area contributed by atoms with Crippen LogP contribution < -0.4 is 0 Å². The van der Waals surface area contributed by atoms with Crippen molar-refractivity contribution in [3.8, 4) is 11.8 Å². The molecule has 1 aromatic carbocycles. The first-order chi connectivity index (χ1) is 7.22. The molecule has 0 unspecified atom stereocenters. The highest BCUT2D eigenvalue weighted by atomic mass is 16.1. The summed E-state index contributed by atoms with van der Waals surface area (Å²) in [7, 11) is 0. The van der Waals surface area contributed by atoms with Gasteiger partial charge in [-0.15, -0.1) is 0 Å². The molecule has 0 aliphatic heterocycles. The van der Waals surface area contributed by atoms with Gasteiger partial charge < -0.3 is 0 Å². The molecular weight excluding hydrogens is 184 g/mol. The number of hydrogen-bond donors (Lipinski definition) is 0. The van der Waals surface area contributed by atoms with Gasteiger partial charge in [-0.3, -0.25) is 4.79 Å². The molecule has 78 valence electrons. The third-order valence-corrected chi connectivity index (χ3v) is 2.16. The second kappa shape index (κ2) is 6.03. The van der Waals surface area contributed by atoms with Crippen molar-refractivity contribution in [2.75, 3.05) is 0 Å². The summed E-state index contributed by atoms with van der Waals surface area (Å²) in [5.74, 6) is 5.27. The summed E-state index contributed by atoms with van der Waals surface area (Å²) in [5.41, 5.74) is 2.25. The zero-order chi connectivity index (χ0) is 11.1. The summed E-state index contributed by atoms with van der Waals surface area (Å²) in [5, 5.41) is 0. The monoisotopic (exact) mass is 200 g/mol. The van der Waals surface area contributed by atoms with E-state index in [4.69, 9.17) is 0 Å². The van der Waals surface area contributed by atoms with Gasteiger partial charge in [-0.1, -0.05) is 31.4 Å². The van der Waals surface area contributed by atoms with Crippen LogP contribution >= 0.6 is 0 Å². The Morgan fingerprint density at radius 3 is 2.47 bits per heavy atom. The zero-order valence-electron chi connectivity index (χ0n) is 9.34. The average molecular weight is 200 g/mol. The van der Waals surface area contributed by atoms with Crippen molar-refractivity contribution in [1.82, 2.24) is 0 Å². The van der Waals surface area contributed by atoms with Gasteiger partial charge in [-0.2, -0.15) is 0 Å². The number of ketones is 1. The van der Waals surface area contributed by atoms with E-state index in [2.05, 4.69) is 30.9 Å². The van der Waals surface area contributed by atoms with E-state index < -0.39 is 0 Å². The van der Waals surface area contributed by atoms with Crippen molar-refractivity contribution in [3.05, 3.63) is 35.4 Å². The normalized spacial score (nSPS) is 9.20. The van der Waals surface area contributed by atoms with E-state index in [0.717, 1.165) is 12.0 Å². The molecule has 1 nitrogen and oxygen atoms in total. The van der Waals surface area contributed by atoms with E-state index in [1.165, 1.54) is 25.3 Å². The maximum Gasteiger partial charge on any atom is 0.202 e. The Bertz CT molecular complexity index is 376. The molecule has 1 aromatic rings. The third kappa shape index (κ3) is 4.46. The first-order valence-corrected chi connectivity index (χ1v) is 5.34. The molecule has 1 heteroatoms. The Kier molecular flexibility index (Phi) is 4.63. The standard InChI is InChI=1S/C14H16O/c1-3-4-5-13-8-10-14(11-9-13)7-6-12(2)15/h8-11H,3-5H2,1-2H3. The molecule has 0 fully saturated rings. The van der Waals surface area contributed by atoms with E-state index in [9.17, 15) is 4.79 Å². The Morgan fingerprint density at radius 1 is 1.27 bits per heavy atom. The molecule has 0 aliphatic carbocycles. The van der Waals surface area contributed by atoms with Crippen molar-refractivity contribution < 1.29 is 4.79 Å². The molecule has 0 aliphatic rings. The molecule has 0 spiro atoms. The fraction of sp³-hybridized carbons (Fsp3) is 0.357. The molecule has 0 heterocycles. The van der Waals surface area contributed by atoms with Gasteiger partial charge in [0.05, 0.1) is 0 Å². The minimum absolute atomic E-state index is 0.0925. The Balaban J connectivity index is 2.65. The largest absolute Gasteiger partial charge is 0.285 e. The molecule has 0 saturated heterocycles. The highest BCUT2D eigenvalue weighted by Gasteiger charge is 1.92. The molecule has 0 saturated carbocycles.